The van der Waals surface area contributed by atoms with Gasteiger partial charge in [-0.05, 0) is 123 Å². The third kappa shape index (κ3) is 41.2. The normalized spacial score (nSPS) is 11.2. The first kappa shape index (κ1) is 76.5. The number of nitrogen functional groups attached to an aromatic ring is 2. The molecule has 0 heterocycles. The minimum atomic E-state index is -0.395. The fourth-order valence-electron chi connectivity index (χ4n) is 8.40. The molecule has 484 valence electrons. The number of benzene rings is 4. The van der Waals surface area contributed by atoms with E-state index in [-0.39, 0.29) is 25.2 Å². The van der Waals surface area contributed by atoms with E-state index in [9.17, 15) is 19.2 Å². The number of unbranched alkanes of at least 4 members (excludes halogenated alkanes) is 4. The van der Waals surface area contributed by atoms with E-state index in [1.807, 2.05) is 60.7 Å². The predicted molar refractivity (Wildman–Crippen MR) is 353 cm³/mol. The Morgan fingerprint density at radius 2 is 0.690 bits per heavy atom. The van der Waals surface area contributed by atoms with Gasteiger partial charge in [0.2, 0.25) is 0 Å². The number of carbonyl (C=O) groups is 4. The highest BCUT2D eigenvalue weighted by Crippen LogP contribution is 2.10. The summed E-state index contributed by atoms with van der Waals surface area (Å²) in [4.78, 5) is 56.5. The molecule has 0 aliphatic rings. The summed E-state index contributed by atoms with van der Waals surface area (Å²) in [6.07, 6.45) is 12.2. The van der Waals surface area contributed by atoms with Crippen LogP contribution in [-0.2, 0) is 28.5 Å². The van der Waals surface area contributed by atoms with Gasteiger partial charge in [0, 0.05) is 154 Å². The second-order valence-electron chi connectivity index (χ2n) is 20.4. The molecule has 4 rings (SSSR count). The number of nitrogens with zero attached hydrogens (tertiary/aromatic N) is 4. The number of hydrogen-bond donors (Lipinski definition) is 10. The Kier molecular flexibility index (Phi) is 46.1. The molecule has 0 atom stereocenters. The number of anilines is 2. The van der Waals surface area contributed by atoms with Crippen molar-refractivity contribution in [2.45, 2.75) is 44.9 Å². The number of carbonyl (C=O) groups excluding carboxylic acids is 4. The van der Waals surface area contributed by atoms with Crippen LogP contribution in [0, 0.1) is 0 Å². The summed E-state index contributed by atoms with van der Waals surface area (Å²) in [5, 5.41) is 7.05. The molecule has 22 heteroatoms. The van der Waals surface area contributed by atoms with Crippen LogP contribution in [0.4, 0.5) is 11.4 Å². The van der Waals surface area contributed by atoms with E-state index >= 15 is 0 Å². The third-order valence-corrected chi connectivity index (χ3v) is 13.3. The molecule has 0 saturated heterocycles. The molecular weight excluding hydrogens is 1100 g/mol. The van der Waals surface area contributed by atoms with Gasteiger partial charge in [-0.25, -0.2) is 19.2 Å². The van der Waals surface area contributed by atoms with Crippen molar-refractivity contribution in [1.29, 1.82) is 0 Å². The summed E-state index contributed by atoms with van der Waals surface area (Å²) in [6, 6.07) is 32.1. The van der Waals surface area contributed by atoms with E-state index in [0.717, 1.165) is 129 Å². The molecule has 0 bridgehead atoms. The monoisotopic (exact) mass is 1210 g/mol. The Morgan fingerprint density at radius 1 is 0.345 bits per heavy atom. The van der Waals surface area contributed by atoms with Gasteiger partial charge in [-0.1, -0.05) is 67.1 Å². The Labute approximate surface area is 518 Å². The standard InChI is InChI=1S/C25H64N12.C22H22O4.C18H20N2O4/c26-4-2-1-3-14-34(22-24-36(17-8-30)18-9-31)23-25-37(20-11-32-10-5-27)21-13-33-12-19-35(15-6-28)16-7-29;23-21(15-13-19-9-3-1-4-10-19)25-17-7-8-18-26-22(24)16-14-20-11-5-2-6-12-20;19-15-7-3-13(4-8-15)17(21)23-11-1-2-12-24-18(22)14-5-9-16(20)10-6-14/h32-33H,1-31H2;1-6,9-16H,7-8,17-18H2;3-10H,1-2,11-12,19-20H2/b;15-13+,16-14+;. The molecule has 0 saturated carbocycles. The summed E-state index contributed by atoms with van der Waals surface area (Å²) >= 11 is 0. The Bertz CT molecular complexity index is 2250. The first-order valence-corrected chi connectivity index (χ1v) is 30.8. The average Bonchev–Trinajstić information content (AvgIpc) is 3.70. The number of nitrogens with two attached hydrogens (primary N) is 8. The second-order valence-corrected chi connectivity index (χ2v) is 20.4. The van der Waals surface area contributed by atoms with Crippen molar-refractivity contribution in [1.82, 2.24) is 30.2 Å². The molecule has 4 aromatic rings. The lowest BCUT2D eigenvalue weighted by molar-refractivity contribution is -0.140. The molecule has 0 aromatic heterocycles. The Morgan fingerprint density at radius 3 is 1.06 bits per heavy atom. The summed E-state index contributed by atoms with van der Waals surface area (Å²) < 4.78 is 20.5. The fourth-order valence-corrected chi connectivity index (χ4v) is 8.40. The van der Waals surface area contributed by atoms with Gasteiger partial charge >= 0.3 is 23.9 Å². The van der Waals surface area contributed by atoms with E-state index in [0.29, 0.717) is 94.1 Å². The SMILES string of the molecule is NCCCCCN(CCN(CCN)CCN)CCN(CCNCCN)CCNCCN(CCN)CCN.Nc1ccc(C(=O)OCCCCOC(=O)c2ccc(N)cc2)cc1.O=C(/C=C/c1ccccc1)OCCCCOC(=O)/C=C/c1ccccc1. The van der Waals surface area contributed by atoms with Crippen LogP contribution in [-0.4, -0.2) is 214 Å². The van der Waals surface area contributed by atoms with Crippen LogP contribution in [0.1, 0.15) is 76.8 Å². The third-order valence-electron chi connectivity index (χ3n) is 13.3. The van der Waals surface area contributed by atoms with Gasteiger partial charge in [-0.3, -0.25) is 14.7 Å². The lowest BCUT2D eigenvalue weighted by Gasteiger charge is -2.30. The van der Waals surface area contributed by atoms with Crippen molar-refractivity contribution in [2.24, 2.45) is 34.4 Å². The van der Waals surface area contributed by atoms with E-state index in [4.69, 9.17) is 64.8 Å². The maximum Gasteiger partial charge on any atom is 0.338 e. The molecule has 0 unspecified atom stereocenters. The van der Waals surface area contributed by atoms with Gasteiger partial charge in [0.25, 0.3) is 0 Å². The van der Waals surface area contributed by atoms with Crippen molar-refractivity contribution in [2.75, 3.05) is 182 Å². The molecule has 0 amide bonds. The maximum atomic E-state index is 11.8. The van der Waals surface area contributed by atoms with Crippen LogP contribution in [0.3, 0.4) is 0 Å². The van der Waals surface area contributed by atoms with Gasteiger partial charge in [0.05, 0.1) is 37.6 Å². The van der Waals surface area contributed by atoms with Crippen LogP contribution in [0.15, 0.2) is 121 Å². The molecule has 18 N–H and O–H groups in total. The summed E-state index contributed by atoms with van der Waals surface area (Å²) in [7, 11) is 0. The average molecular weight is 1210 g/mol. The Balaban J connectivity index is 0.000000457. The van der Waals surface area contributed by atoms with Crippen LogP contribution in [0.5, 0.6) is 0 Å². The van der Waals surface area contributed by atoms with Crippen molar-refractivity contribution in [3.8, 4) is 0 Å². The van der Waals surface area contributed by atoms with E-state index in [1.54, 1.807) is 60.7 Å². The zero-order valence-electron chi connectivity index (χ0n) is 51.7. The van der Waals surface area contributed by atoms with Crippen molar-refractivity contribution in [3.63, 3.8) is 0 Å². The highest BCUT2D eigenvalue weighted by Gasteiger charge is 2.13. The van der Waals surface area contributed by atoms with Crippen molar-refractivity contribution >= 4 is 47.4 Å². The van der Waals surface area contributed by atoms with E-state index < -0.39 is 11.9 Å². The summed E-state index contributed by atoms with van der Waals surface area (Å²) in [5.41, 5.74) is 49.5. The van der Waals surface area contributed by atoms with Gasteiger partial charge in [0.15, 0.2) is 0 Å². The topological polar surface area (TPSA) is 350 Å². The van der Waals surface area contributed by atoms with Gasteiger partial charge in [-0.2, -0.15) is 0 Å². The maximum absolute atomic E-state index is 11.8. The minimum absolute atomic E-state index is 0.266. The predicted octanol–water partition coefficient (Wildman–Crippen LogP) is 3.22. The number of ether oxygens (including phenoxy) is 4. The number of nitrogens with one attached hydrogen (secondary N) is 2. The summed E-state index contributed by atoms with van der Waals surface area (Å²) in [6.45, 7) is 20.8. The zero-order valence-corrected chi connectivity index (χ0v) is 51.7. The van der Waals surface area contributed by atoms with Gasteiger partial charge in [-0.15, -0.1) is 0 Å². The van der Waals surface area contributed by atoms with E-state index in [1.165, 1.54) is 25.0 Å². The largest absolute Gasteiger partial charge is 0.463 e. The molecule has 87 heavy (non-hydrogen) atoms. The van der Waals surface area contributed by atoms with Gasteiger partial charge in [0.1, 0.15) is 0 Å². The number of hydrogen-bond acceptors (Lipinski definition) is 22. The quantitative estimate of drug-likeness (QED) is 0.00998. The highest BCUT2D eigenvalue weighted by atomic mass is 16.5. The first-order chi connectivity index (χ1) is 42.4. The molecule has 0 spiro atoms. The number of rotatable bonds is 46. The second kappa shape index (κ2) is 52.5. The van der Waals surface area contributed by atoms with Crippen LogP contribution in [0.2, 0.25) is 0 Å². The smallest absolute Gasteiger partial charge is 0.338 e. The fraction of sp³-hybridized carbons (Fsp3) is 0.508. The number of esters is 4. The zero-order chi connectivity index (χ0) is 63.2. The lowest BCUT2D eigenvalue weighted by Crippen LogP contribution is -2.45. The van der Waals surface area contributed by atoms with Crippen LogP contribution >= 0.6 is 0 Å². The molecule has 0 fully saturated rings. The summed E-state index contributed by atoms with van der Waals surface area (Å²) in [5.74, 6) is -1.55. The molecule has 0 aliphatic carbocycles. The molecular formula is C65H106N14O8. The molecule has 22 nitrogen and oxygen atoms in total. The van der Waals surface area contributed by atoms with E-state index in [2.05, 4.69) is 30.2 Å². The highest BCUT2D eigenvalue weighted by molar-refractivity contribution is 5.90. The van der Waals surface area contributed by atoms with Crippen molar-refractivity contribution < 1.29 is 38.1 Å². The molecule has 4 aromatic carbocycles. The Hall–Kier alpha value is -6.64. The molecule has 0 aliphatic heterocycles. The van der Waals surface area contributed by atoms with Crippen LogP contribution in [0.25, 0.3) is 12.2 Å². The van der Waals surface area contributed by atoms with Gasteiger partial charge < -0.3 is 80.4 Å². The van der Waals surface area contributed by atoms with Crippen LogP contribution < -0.4 is 56.5 Å². The van der Waals surface area contributed by atoms with Crippen molar-refractivity contribution in [3.05, 3.63) is 144 Å². The first-order valence-electron chi connectivity index (χ1n) is 30.8. The molecule has 0 radical (unpaired) electrons. The minimum Gasteiger partial charge on any atom is -0.463 e. The lowest BCUT2D eigenvalue weighted by atomic mass is 10.2.